The molecule has 1 aliphatic heterocycles. The second kappa shape index (κ2) is 4.26. The maximum Gasteiger partial charge on any atom is 0.417 e. The fourth-order valence-electron chi connectivity index (χ4n) is 1.66. The Labute approximate surface area is 107 Å². The minimum Gasteiger partial charge on any atom is -0.332 e. The Hall–Kier alpha value is -2.03. The van der Waals surface area contributed by atoms with Crippen molar-refractivity contribution in [3.8, 4) is 0 Å². The third-order valence-corrected chi connectivity index (χ3v) is 2.62. The van der Waals surface area contributed by atoms with E-state index >= 15 is 0 Å². The third kappa shape index (κ3) is 2.70. The van der Waals surface area contributed by atoms with Gasteiger partial charge in [0.05, 0.1) is 11.8 Å². The van der Waals surface area contributed by atoms with Crippen LogP contribution in [0.1, 0.15) is 6.92 Å². The molecular formula is C10H13F3N6. The molecule has 0 fully saturated rings. The molecule has 1 aromatic heterocycles. The predicted molar refractivity (Wildman–Crippen MR) is 64.1 cm³/mol. The summed E-state index contributed by atoms with van der Waals surface area (Å²) < 4.78 is 39.7. The number of rotatable bonds is 1. The maximum absolute atomic E-state index is 12.7. The fraction of sp³-hybridized carbons (Fsp3) is 0.400. The number of aromatic nitrogens is 2. The molecule has 1 atom stereocenters. The summed E-state index contributed by atoms with van der Waals surface area (Å²) in [6.45, 7) is 1.19. The Balaban J connectivity index is 2.21. The molecule has 19 heavy (non-hydrogen) atoms. The third-order valence-electron chi connectivity index (χ3n) is 2.62. The van der Waals surface area contributed by atoms with Crippen molar-refractivity contribution in [2.75, 3.05) is 5.32 Å². The summed E-state index contributed by atoms with van der Waals surface area (Å²) >= 11 is 0. The minimum absolute atomic E-state index is 0.126. The van der Waals surface area contributed by atoms with Gasteiger partial charge in [0.25, 0.3) is 0 Å². The number of nitrogens with zero attached hydrogens (tertiary/aromatic N) is 3. The van der Waals surface area contributed by atoms with Crippen LogP contribution in [0, 0.1) is 0 Å². The van der Waals surface area contributed by atoms with Crippen molar-refractivity contribution in [3.63, 3.8) is 0 Å². The largest absolute Gasteiger partial charge is 0.417 e. The lowest BCUT2D eigenvalue weighted by Gasteiger charge is -2.30. The Kier molecular flexibility index (Phi) is 3.01. The summed E-state index contributed by atoms with van der Waals surface area (Å²) in [4.78, 5) is 3.82. The summed E-state index contributed by atoms with van der Waals surface area (Å²) in [5.41, 5.74) is 2.81. The first-order valence-electron chi connectivity index (χ1n) is 5.38. The molecule has 1 aliphatic rings. The summed E-state index contributed by atoms with van der Waals surface area (Å²) in [6, 6.07) is 1.65. The van der Waals surface area contributed by atoms with Gasteiger partial charge in [-0.1, -0.05) is 0 Å². The van der Waals surface area contributed by atoms with E-state index in [-0.39, 0.29) is 5.96 Å². The molecule has 0 saturated carbocycles. The van der Waals surface area contributed by atoms with E-state index in [1.807, 2.05) is 0 Å². The quantitative estimate of drug-likeness (QED) is 0.711. The first-order chi connectivity index (χ1) is 8.70. The molecule has 6 nitrogen and oxygen atoms in total. The molecule has 0 saturated heterocycles. The molecule has 1 aromatic rings. The van der Waals surface area contributed by atoms with Crippen molar-refractivity contribution in [1.29, 1.82) is 0 Å². The molecule has 0 aromatic carbocycles. The van der Waals surface area contributed by atoms with Crippen LogP contribution in [-0.4, -0.2) is 27.6 Å². The van der Waals surface area contributed by atoms with Gasteiger partial charge in [-0.3, -0.25) is 4.68 Å². The van der Waals surface area contributed by atoms with Crippen LogP contribution in [0.4, 0.5) is 19.0 Å². The molecular weight excluding hydrogens is 261 g/mol. The Morgan fingerprint density at radius 3 is 2.63 bits per heavy atom. The smallest absolute Gasteiger partial charge is 0.332 e. The predicted octanol–water partition coefficient (Wildman–Crippen LogP) is 0.912. The molecule has 0 bridgehead atoms. The zero-order valence-electron chi connectivity index (χ0n) is 10.3. The topological polar surface area (TPSA) is 80.3 Å². The van der Waals surface area contributed by atoms with Crippen molar-refractivity contribution in [1.82, 2.24) is 15.1 Å². The van der Waals surface area contributed by atoms with E-state index in [1.54, 1.807) is 19.3 Å². The molecule has 9 heteroatoms. The molecule has 104 valence electrons. The highest BCUT2D eigenvalue weighted by atomic mass is 19.4. The summed E-state index contributed by atoms with van der Waals surface area (Å²) in [5, 5.41) is 9.15. The average Bonchev–Trinajstić information content (AvgIpc) is 2.61. The number of aryl methyl sites for hydroxylation is 1. The maximum atomic E-state index is 12.7. The number of halogens is 3. The van der Waals surface area contributed by atoms with Crippen LogP contribution < -0.4 is 16.4 Å². The van der Waals surface area contributed by atoms with E-state index in [4.69, 9.17) is 5.73 Å². The molecule has 4 N–H and O–H groups in total. The van der Waals surface area contributed by atoms with E-state index in [0.29, 0.717) is 5.82 Å². The average molecular weight is 274 g/mol. The molecule has 0 spiro atoms. The number of nitrogens with two attached hydrogens (primary N) is 1. The van der Waals surface area contributed by atoms with Crippen LogP contribution in [0.5, 0.6) is 0 Å². The monoisotopic (exact) mass is 274 g/mol. The molecule has 2 rings (SSSR count). The van der Waals surface area contributed by atoms with Gasteiger partial charge in [0.1, 0.15) is 11.5 Å². The number of guanidine groups is 1. The number of hydrogen-bond acceptors (Lipinski definition) is 5. The summed E-state index contributed by atoms with van der Waals surface area (Å²) in [5.74, 6) is 0.701. The fourth-order valence-corrected chi connectivity index (χ4v) is 1.66. The second-order valence-electron chi connectivity index (χ2n) is 4.27. The van der Waals surface area contributed by atoms with Crippen LogP contribution in [-0.2, 0) is 7.05 Å². The zero-order valence-corrected chi connectivity index (χ0v) is 10.3. The van der Waals surface area contributed by atoms with Crippen molar-refractivity contribution in [3.05, 3.63) is 24.0 Å². The van der Waals surface area contributed by atoms with Crippen molar-refractivity contribution in [2.24, 2.45) is 17.8 Å². The van der Waals surface area contributed by atoms with Crippen LogP contribution in [0.25, 0.3) is 0 Å². The highest BCUT2D eigenvalue weighted by molar-refractivity contribution is 5.94. The summed E-state index contributed by atoms with van der Waals surface area (Å²) in [6.07, 6.45) is -2.17. The van der Waals surface area contributed by atoms with Gasteiger partial charge in [-0.2, -0.15) is 18.3 Å². The van der Waals surface area contributed by atoms with Crippen molar-refractivity contribution >= 4 is 11.8 Å². The lowest BCUT2D eigenvalue weighted by atomic mass is 10.0. The van der Waals surface area contributed by atoms with Gasteiger partial charge in [0, 0.05) is 19.3 Å². The minimum atomic E-state index is -4.53. The highest BCUT2D eigenvalue weighted by Gasteiger charge is 2.45. The molecule has 0 aliphatic carbocycles. The molecule has 0 amide bonds. The Bertz CT molecular complexity index is 540. The zero-order chi connectivity index (χ0) is 14.3. The number of anilines is 1. The van der Waals surface area contributed by atoms with Crippen LogP contribution in [0.2, 0.25) is 0 Å². The Morgan fingerprint density at radius 1 is 1.47 bits per heavy atom. The number of hydrogen-bond donors (Lipinski definition) is 3. The van der Waals surface area contributed by atoms with Crippen LogP contribution >= 0.6 is 0 Å². The lowest BCUT2D eigenvalue weighted by Crippen LogP contribution is -2.49. The van der Waals surface area contributed by atoms with E-state index in [1.165, 1.54) is 11.6 Å². The van der Waals surface area contributed by atoms with Gasteiger partial charge in [-0.05, 0) is 6.92 Å². The molecule has 1 unspecified atom stereocenters. The lowest BCUT2D eigenvalue weighted by molar-refractivity contribution is -0.100. The van der Waals surface area contributed by atoms with Gasteiger partial charge in [0.2, 0.25) is 5.96 Å². The van der Waals surface area contributed by atoms with Gasteiger partial charge in [0.15, 0.2) is 0 Å². The normalized spacial score (nSPS) is 23.5. The number of nitrogens with one attached hydrogen (secondary N) is 2. The molecule has 0 radical (unpaired) electrons. The van der Waals surface area contributed by atoms with E-state index in [9.17, 15) is 13.2 Å². The van der Waals surface area contributed by atoms with E-state index < -0.39 is 17.4 Å². The van der Waals surface area contributed by atoms with Crippen LogP contribution in [0.3, 0.4) is 0 Å². The van der Waals surface area contributed by atoms with E-state index in [2.05, 4.69) is 20.7 Å². The molecule has 2 heterocycles. The van der Waals surface area contributed by atoms with Crippen molar-refractivity contribution < 1.29 is 13.2 Å². The van der Waals surface area contributed by atoms with Gasteiger partial charge in [-0.15, -0.1) is 0 Å². The Morgan fingerprint density at radius 2 is 2.16 bits per heavy atom. The van der Waals surface area contributed by atoms with Gasteiger partial charge in [-0.25, -0.2) is 4.99 Å². The number of alkyl halides is 3. The summed E-state index contributed by atoms with van der Waals surface area (Å²) in [7, 11) is 1.68. The SMILES string of the molecule is Cn1nccc1NC1=NC(C)(N)C(C(F)(F)F)=CN1. The van der Waals surface area contributed by atoms with E-state index in [0.717, 1.165) is 6.20 Å². The highest BCUT2D eigenvalue weighted by Crippen LogP contribution is 2.34. The first kappa shape index (κ1) is 13.4. The second-order valence-corrected chi connectivity index (χ2v) is 4.27. The van der Waals surface area contributed by atoms with Gasteiger partial charge >= 0.3 is 6.18 Å². The van der Waals surface area contributed by atoms with Gasteiger partial charge < -0.3 is 16.4 Å². The van der Waals surface area contributed by atoms with Crippen LogP contribution in [0.15, 0.2) is 29.0 Å². The standard InChI is InChI=1S/C10H13F3N6/c1-9(14)6(10(11,12)13)5-15-8(18-9)17-7-3-4-16-19(7)2/h3-5H,14H2,1-2H3,(H2,15,17,18). The van der Waals surface area contributed by atoms with Crippen molar-refractivity contribution in [2.45, 2.75) is 18.8 Å². The number of aliphatic imine (C=N–C) groups is 1. The first-order valence-corrected chi connectivity index (χ1v) is 5.38.